The molecule has 2 aromatic heterocycles. The smallest absolute Gasteiger partial charge is 0.208 e. The molecule has 4 rings (SSSR count). The van der Waals surface area contributed by atoms with Crippen molar-refractivity contribution in [2.75, 3.05) is 12.4 Å². The number of hydrogen-bond acceptors (Lipinski definition) is 5. The summed E-state index contributed by atoms with van der Waals surface area (Å²) in [6, 6.07) is 17.7. The second-order valence-corrected chi connectivity index (χ2v) is 7.31. The molecule has 0 atom stereocenters. The van der Waals surface area contributed by atoms with Crippen molar-refractivity contribution in [3.63, 3.8) is 0 Å². The van der Waals surface area contributed by atoms with E-state index in [1.54, 1.807) is 6.20 Å². The van der Waals surface area contributed by atoms with Crippen molar-refractivity contribution in [1.29, 1.82) is 0 Å². The average Bonchev–Trinajstić information content (AvgIpc) is 2.99. The Morgan fingerprint density at radius 3 is 2.61 bits per heavy atom. The number of rotatable bonds is 6. The van der Waals surface area contributed by atoms with E-state index in [1.807, 2.05) is 73.3 Å². The second kappa shape index (κ2) is 8.00. The third-order valence-electron chi connectivity index (χ3n) is 4.33. The van der Waals surface area contributed by atoms with Gasteiger partial charge in [0.2, 0.25) is 5.95 Å². The van der Waals surface area contributed by atoms with E-state index in [0.29, 0.717) is 6.54 Å². The molecule has 0 fully saturated rings. The summed E-state index contributed by atoms with van der Waals surface area (Å²) in [6.45, 7) is 0.696. The Morgan fingerprint density at radius 2 is 1.82 bits per heavy atom. The van der Waals surface area contributed by atoms with Gasteiger partial charge in [0, 0.05) is 42.1 Å². The van der Waals surface area contributed by atoms with Gasteiger partial charge in [0.1, 0.15) is 11.5 Å². The van der Waals surface area contributed by atoms with Crippen molar-refractivity contribution in [3.05, 3.63) is 71.0 Å². The highest BCUT2D eigenvalue weighted by Gasteiger charge is 2.10. The SMILES string of the molecule is CNCc1cc(Oc2ccc3c(c2)nc(Nc2ccc(Br)cc2)n3C)ccn1. The Balaban J connectivity index is 1.59. The molecule has 0 spiro atoms. The van der Waals surface area contributed by atoms with Crippen LogP contribution in [0.15, 0.2) is 65.3 Å². The quantitative estimate of drug-likeness (QED) is 0.444. The second-order valence-electron chi connectivity index (χ2n) is 6.39. The van der Waals surface area contributed by atoms with E-state index < -0.39 is 0 Å². The first-order chi connectivity index (χ1) is 13.6. The number of aromatic nitrogens is 3. The van der Waals surface area contributed by atoms with E-state index in [2.05, 4.69) is 31.5 Å². The number of hydrogen-bond donors (Lipinski definition) is 2. The lowest BCUT2D eigenvalue weighted by atomic mass is 10.3. The maximum Gasteiger partial charge on any atom is 0.208 e. The van der Waals surface area contributed by atoms with Gasteiger partial charge in [0.05, 0.1) is 16.7 Å². The van der Waals surface area contributed by atoms with Gasteiger partial charge in [0.15, 0.2) is 0 Å². The van der Waals surface area contributed by atoms with Crippen LogP contribution >= 0.6 is 15.9 Å². The Morgan fingerprint density at radius 1 is 1.04 bits per heavy atom. The fraction of sp³-hybridized carbons (Fsp3) is 0.143. The number of imidazole rings is 1. The summed E-state index contributed by atoms with van der Waals surface area (Å²) < 4.78 is 9.08. The van der Waals surface area contributed by atoms with Crippen LogP contribution in [0.4, 0.5) is 11.6 Å². The monoisotopic (exact) mass is 437 g/mol. The van der Waals surface area contributed by atoms with Crippen molar-refractivity contribution in [3.8, 4) is 11.5 Å². The summed E-state index contributed by atoms with van der Waals surface area (Å²) in [5, 5.41) is 6.45. The predicted octanol–water partition coefficient (Wildman–Crippen LogP) is 4.99. The van der Waals surface area contributed by atoms with E-state index in [0.717, 1.165) is 44.3 Å². The number of halogens is 1. The highest BCUT2D eigenvalue weighted by molar-refractivity contribution is 9.10. The van der Waals surface area contributed by atoms with Crippen LogP contribution in [0.5, 0.6) is 11.5 Å². The molecule has 7 heteroatoms. The van der Waals surface area contributed by atoms with Gasteiger partial charge in [-0.2, -0.15) is 0 Å². The van der Waals surface area contributed by atoms with Crippen LogP contribution in [-0.2, 0) is 13.6 Å². The van der Waals surface area contributed by atoms with Gasteiger partial charge < -0.3 is 19.9 Å². The molecular formula is C21H20BrN5O. The van der Waals surface area contributed by atoms with Crippen LogP contribution in [0, 0.1) is 0 Å². The summed E-state index contributed by atoms with van der Waals surface area (Å²) in [7, 11) is 3.88. The first kappa shape index (κ1) is 18.5. The molecule has 4 aromatic rings. The molecule has 0 bridgehead atoms. The van der Waals surface area contributed by atoms with Crippen molar-refractivity contribution in [1.82, 2.24) is 19.9 Å². The molecule has 0 aliphatic rings. The maximum atomic E-state index is 6.01. The first-order valence-corrected chi connectivity index (χ1v) is 9.68. The lowest BCUT2D eigenvalue weighted by molar-refractivity contribution is 0.481. The highest BCUT2D eigenvalue weighted by Crippen LogP contribution is 2.28. The van der Waals surface area contributed by atoms with Crippen LogP contribution in [0.25, 0.3) is 11.0 Å². The summed E-state index contributed by atoms with van der Waals surface area (Å²) in [5.41, 5.74) is 3.80. The number of pyridine rings is 1. The third-order valence-corrected chi connectivity index (χ3v) is 4.86. The van der Waals surface area contributed by atoms with Crippen LogP contribution in [0.3, 0.4) is 0 Å². The highest BCUT2D eigenvalue weighted by atomic mass is 79.9. The Kier molecular flexibility index (Phi) is 5.27. The molecule has 0 aliphatic heterocycles. The molecule has 2 N–H and O–H groups in total. The number of benzene rings is 2. The van der Waals surface area contributed by atoms with Crippen molar-refractivity contribution in [2.24, 2.45) is 7.05 Å². The normalized spacial score (nSPS) is 11.0. The first-order valence-electron chi connectivity index (χ1n) is 8.89. The number of ether oxygens (including phenoxy) is 1. The van der Waals surface area contributed by atoms with Crippen LogP contribution in [-0.4, -0.2) is 21.6 Å². The molecule has 28 heavy (non-hydrogen) atoms. The van der Waals surface area contributed by atoms with E-state index in [4.69, 9.17) is 9.72 Å². The average molecular weight is 438 g/mol. The molecule has 142 valence electrons. The molecule has 0 radical (unpaired) electrons. The van der Waals surface area contributed by atoms with Crippen LogP contribution < -0.4 is 15.4 Å². The van der Waals surface area contributed by atoms with Crippen LogP contribution in [0.2, 0.25) is 0 Å². The van der Waals surface area contributed by atoms with Crippen molar-refractivity contribution in [2.45, 2.75) is 6.54 Å². The van der Waals surface area contributed by atoms with Crippen molar-refractivity contribution >= 4 is 38.6 Å². The van der Waals surface area contributed by atoms with Crippen molar-refractivity contribution < 1.29 is 4.74 Å². The molecular weight excluding hydrogens is 418 g/mol. The van der Waals surface area contributed by atoms with Gasteiger partial charge in [-0.25, -0.2) is 4.98 Å². The Labute approximate surface area is 171 Å². The minimum absolute atomic E-state index is 0.696. The molecule has 0 aliphatic carbocycles. The summed E-state index contributed by atoms with van der Waals surface area (Å²) in [6.07, 6.45) is 1.75. The van der Waals surface area contributed by atoms with Gasteiger partial charge in [0.25, 0.3) is 0 Å². The topological polar surface area (TPSA) is 64.0 Å². The molecule has 0 amide bonds. The molecule has 2 heterocycles. The number of nitrogens with zero attached hydrogens (tertiary/aromatic N) is 3. The predicted molar refractivity (Wildman–Crippen MR) is 115 cm³/mol. The standard InChI is InChI=1S/C21H20BrN5O/c1-23-13-16-11-18(9-10-24-16)28-17-7-8-20-19(12-17)26-21(27(20)2)25-15-5-3-14(22)4-6-15/h3-12,23H,13H2,1-2H3,(H,25,26). The molecule has 0 unspecified atom stereocenters. The Bertz CT molecular complexity index is 1110. The van der Waals surface area contributed by atoms with Gasteiger partial charge in [-0.15, -0.1) is 0 Å². The minimum atomic E-state index is 0.696. The van der Waals surface area contributed by atoms with Crippen LogP contribution in [0.1, 0.15) is 5.69 Å². The molecule has 0 saturated heterocycles. The van der Waals surface area contributed by atoms with E-state index in [9.17, 15) is 0 Å². The fourth-order valence-electron chi connectivity index (χ4n) is 2.95. The molecule has 6 nitrogen and oxygen atoms in total. The number of fused-ring (bicyclic) bond motifs is 1. The summed E-state index contributed by atoms with van der Waals surface area (Å²) >= 11 is 3.45. The van der Waals surface area contributed by atoms with Gasteiger partial charge >= 0.3 is 0 Å². The number of aryl methyl sites for hydroxylation is 1. The lowest BCUT2D eigenvalue weighted by Gasteiger charge is -2.07. The zero-order valence-corrected chi connectivity index (χ0v) is 17.2. The summed E-state index contributed by atoms with van der Waals surface area (Å²) in [5.74, 6) is 2.26. The van der Waals surface area contributed by atoms with E-state index in [1.165, 1.54) is 0 Å². The maximum absolute atomic E-state index is 6.01. The third kappa shape index (κ3) is 4.00. The van der Waals surface area contributed by atoms with Gasteiger partial charge in [-0.1, -0.05) is 15.9 Å². The van der Waals surface area contributed by atoms with E-state index in [-0.39, 0.29) is 0 Å². The molecule has 0 saturated carbocycles. The fourth-order valence-corrected chi connectivity index (χ4v) is 3.21. The molecule has 2 aromatic carbocycles. The summed E-state index contributed by atoms with van der Waals surface area (Å²) in [4.78, 5) is 9.03. The van der Waals surface area contributed by atoms with Gasteiger partial charge in [-0.3, -0.25) is 4.98 Å². The number of nitrogens with one attached hydrogen (secondary N) is 2. The minimum Gasteiger partial charge on any atom is -0.457 e. The lowest BCUT2D eigenvalue weighted by Crippen LogP contribution is -2.06. The Hall–Kier alpha value is -2.90. The number of anilines is 2. The largest absolute Gasteiger partial charge is 0.457 e. The zero-order valence-electron chi connectivity index (χ0n) is 15.6. The zero-order chi connectivity index (χ0) is 19.5. The van der Waals surface area contributed by atoms with Gasteiger partial charge in [-0.05, 0) is 49.5 Å². The van der Waals surface area contributed by atoms with E-state index >= 15 is 0 Å².